The van der Waals surface area contributed by atoms with Gasteiger partial charge in [0, 0.05) is 18.8 Å². The zero-order valence-electron chi connectivity index (χ0n) is 10.1. The summed E-state index contributed by atoms with van der Waals surface area (Å²) in [6.07, 6.45) is 3.43. The van der Waals surface area contributed by atoms with E-state index in [-0.39, 0.29) is 0 Å². The zero-order chi connectivity index (χ0) is 13.0. The molecule has 0 bridgehead atoms. The van der Waals surface area contributed by atoms with E-state index in [2.05, 4.69) is 20.3 Å². The Balaban J connectivity index is 2.06. The van der Waals surface area contributed by atoms with Gasteiger partial charge in [0.2, 0.25) is 0 Å². The number of hydrogen-bond donors (Lipinski definition) is 1. The number of nitrogens with zero attached hydrogens (tertiary/aromatic N) is 3. The van der Waals surface area contributed by atoms with Crippen molar-refractivity contribution in [3.63, 3.8) is 0 Å². The molecule has 2 aromatic rings. The van der Waals surface area contributed by atoms with Gasteiger partial charge in [-0.15, -0.1) is 0 Å². The van der Waals surface area contributed by atoms with Crippen LogP contribution in [0.5, 0.6) is 5.75 Å². The number of aromatic nitrogens is 3. The van der Waals surface area contributed by atoms with E-state index >= 15 is 0 Å². The predicted molar refractivity (Wildman–Crippen MR) is 69.9 cm³/mol. The van der Waals surface area contributed by atoms with Gasteiger partial charge in [-0.05, 0) is 18.6 Å². The summed E-state index contributed by atoms with van der Waals surface area (Å²) in [5.41, 5.74) is 1.00. The minimum Gasteiger partial charge on any atom is -0.495 e. The van der Waals surface area contributed by atoms with Gasteiger partial charge in [-0.3, -0.25) is 4.98 Å². The molecule has 0 spiro atoms. The van der Waals surface area contributed by atoms with E-state index in [0.29, 0.717) is 23.3 Å². The maximum Gasteiger partial charge on any atom is 0.137 e. The second kappa shape index (κ2) is 5.64. The van der Waals surface area contributed by atoms with Gasteiger partial charge in [0.25, 0.3) is 0 Å². The van der Waals surface area contributed by atoms with E-state index in [4.69, 9.17) is 16.3 Å². The number of ether oxygens (including phenoxy) is 1. The van der Waals surface area contributed by atoms with Gasteiger partial charge in [0.1, 0.15) is 22.5 Å². The molecule has 5 nitrogen and oxygen atoms in total. The molecule has 0 radical (unpaired) electrons. The lowest BCUT2D eigenvalue weighted by Crippen LogP contribution is -2.03. The Morgan fingerprint density at radius 1 is 1.28 bits per heavy atom. The highest BCUT2D eigenvalue weighted by atomic mass is 35.5. The molecule has 0 atom stereocenters. The molecule has 0 aliphatic carbocycles. The molecule has 6 heteroatoms. The van der Waals surface area contributed by atoms with E-state index < -0.39 is 0 Å². The molecule has 0 saturated carbocycles. The minimum atomic E-state index is 0.425. The fourth-order valence-electron chi connectivity index (χ4n) is 1.49. The number of halogens is 1. The SMILES string of the molecule is COc1cncc(CNc2cc(Cl)nc(C)n2)c1. The first-order chi connectivity index (χ1) is 8.67. The third kappa shape index (κ3) is 3.30. The van der Waals surface area contributed by atoms with Gasteiger partial charge in [-0.1, -0.05) is 11.6 Å². The minimum absolute atomic E-state index is 0.425. The molecule has 0 aromatic carbocycles. The number of pyridine rings is 1. The number of anilines is 1. The highest BCUT2D eigenvalue weighted by Gasteiger charge is 2.01. The Morgan fingerprint density at radius 3 is 2.83 bits per heavy atom. The quantitative estimate of drug-likeness (QED) is 0.860. The number of methoxy groups -OCH3 is 1. The van der Waals surface area contributed by atoms with Gasteiger partial charge in [0.15, 0.2) is 0 Å². The van der Waals surface area contributed by atoms with Gasteiger partial charge in [-0.25, -0.2) is 9.97 Å². The summed E-state index contributed by atoms with van der Waals surface area (Å²) in [6.45, 7) is 2.39. The Bertz CT molecular complexity index is 527. The van der Waals surface area contributed by atoms with Gasteiger partial charge in [-0.2, -0.15) is 0 Å². The fourth-order valence-corrected chi connectivity index (χ4v) is 1.71. The summed E-state index contributed by atoms with van der Waals surface area (Å²) in [6, 6.07) is 3.60. The average Bonchev–Trinajstić information content (AvgIpc) is 2.35. The number of hydrogen-bond acceptors (Lipinski definition) is 5. The Labute approximate surface area is 110 Å². The van der Waals surface area contributed by atoms with Crippen LogP contribution in [0.4, 0.5) is 5.82 Å². The van der Waals surface area contributed by atoms with Crippen LogP contribution in [0, 0.1) is 6.92 Å². The molecular weight excluding hydrogens is 252 g/mol. The summed E-state index contributed by atoms with van der Waals surface area (Å²) in [5.74, 6) is 2.05. The maximum atomic E-state index is 5.86. The number of nitrogens with one attached hydrogen (secondary N) is 1. The van der Waals surface area contributed by atoms with Crippen molar-refractivity contribution in [2.75, 3.05) is 12.4 Å². The van der Waals surface area contributed by atoms with Crippen LogP contribution < -0.4 is 10.1 Å². The molecule has 0 fully saturated rings. The predicted octanol–water partition coefficient (Wildman–Crippen LogP) is 2.45. The third-order valence-electron chi connectivity index (χ3n) is 2.29. The first-order valence-corrected chi connectivity index (χ1v) is 5.78. The Morgan fingerprint density at radius 2 is 2.11 bits per heavy atom. The molecular formula is C12H13ClN4O. The first-order valence-electron chi connectivity index (χ1n) is 5.40. The van der Waals surface area contributed by atoms with Crippen LogP contribution in [0.1, 0.15) is 11.4 Å². The van der Waals surface area contributed by atoms with E-state index in [9.17, 15) is 0 Å². The van der Waals surface area contributed by atoms with E-state index in [1.807, 2.05) is 6.07 Å². The van der Waals surface area contributed by atoms with E-state index in [1.54, 1.807) is 32.5 Å². The summed E-state index contributed by atoms with van der Waals surface area (Å²) >= 11 is 5.86. The molecule has 0 aliphatic heterocycles. The molecule has 0 amide bonds. The molecule has 1 N–H and O–H groups in total. The highest BCUT2D eigenvalue weighted by molar-refractivity contribution is 6.29. The molecule has 18 heavy (non-hydrogen) atoms. The standard InChI is InChI=1S/C12H13ClN4O/c1-8-16-11(13)4-12(17-8)15-6-9-3-10(18-2)7-14-5-9/h3-5,7H,6H2,1-2H3,(H,15,16,17). The second-order valence-electron chi connectivity index (χ2n) is 3.71. The Kier molecular flexibility index (Phi) is 3.94. The summed E-state index contributed by atoms with van der Waals surface area (Å²) in [7, 11) is 1.61. The summed E-state index contributed by atoms with van der Waals surface area (Å²) < 4.78 is 5.11. The highest BCUT2D eigenvalue weighted by Crippen LogP contribution is 2.14. The molecule has 94 valence electrons. The van der Waals surface area contributed by atoms with E-state index in [1.165, 1.54) is 0 Å². The number of aryl methyl sites for hydroxylation is 1. The third-order valence-corrected chi connectivity index (χ3v) is 2.48. The van der Waals surface area contributed by atoms with Crippen LogP contribution in [0.25, 0.3) is 0 Å². The van der Waals surface area contributed by atoms with Crippen LogP contribution >= 0.6 is 11.6 Å². The largest absolute Gasteiger partial charge is 0.495 e. The van der Waals surface area contributed by atoms with Crippen molar-refractivity contribution in [2.24, 2.45) is 0 Å². The van der Waals surface area contributed by atoms with Crippen LogP contribution in [0.15, 0.2) is 24.5 Å². The molecule has 0 unspecified atom stereocenters. The van der Waals surface area contributed by atoms with Crippen LogP contribution in [-0.2, 0) is 6.54 Å². The lowest BCUT2D eigenvalue weighted by atomic mass is 10.3. The normalized spacial score (nSPS) is 10.2. The van der Waals surface area contributed by atoms with Gasteiger partial charge >= 0.3 is 0 Å². The number of rotatable bonds is 4. The lowest BCUT2D eigenvalue weighted by molar-refractivity contribution is 0.412. The van der Waals surface area contributed by atoms with Crippen molar-refractivity contribution in [1.29, 1.82) is 0 Å². The zero-order valence-corrected chi connectivity index (χ0v) is 10.9. The van der Waals surface area contributed by atoms with Crippen LogP contribution in [0.2, 0.25) is 5.15 Å². The van der Waals surface area contributed by atoms with Crippen molar-refractivity contribution >= 4 is 17.4 Å². The van der Waals surface area contributed by atoms with Gasteiger partial charge < -0.3 is 10.1 Å². The van der Waals surface area contributed by atoms with Crippen molar-refractivity contribution in [1.82, 2.24) is 15.0 Å². The van der Waals surface area contributed by atoms with Crippen LogP contribution in [0.3, 0.4) is 0 Å². The smallest absolute Gasteiger partial charge is 0.137 e. The second-order valence-corrected chi connectivity index (χ2v) is 4.10. The average molecular weight is 265 g/mol. The molecule has 0 aliphatic rings. The molecule has 0 saturated heterocycles. The fraction of sp³-hybridized carbons (Fsp3) is 0.250. The van der Waals surface area contributed by atoms with Crippen LogP contribution in [-0.4, -0.2) is 22.1 Å². The first kappa shape index (κ1) is 12.6. The summed E-state index contributed by atoms with van der Waals surface area (Å²) in [4.78, 5) is 12.3. The molecule has 2 rings (SSSR count). The topological polar surface area (TPSA) is 59.9 Å². The van der Waals surface area contributed by atoms with Crippen molar-refractivity contribution in [3.8, 4) is 5.75 Å². The van der Waals surface area contributed by atoms with Crippen molar-refractivity contribution in [2.45, 2.75) is 13.5 Å². The Hall–Kier alpha value is -1.88. The van der Waals surface area contributed by atoms with Crippen molar-refractivity contribution in [3.05, 3.63) is 41.1 Å². The lowest BCUT2D eigenvalue weighted by Gasteiger charge is -2.07. The molecule has 2 aromatic heterocycles. The van der Waals surface area contributed by atoms with Gasteiger partial charge in [0.05, 0.1) is 13.3 Å². The monoisotopic (exact) mass is 264 g/mol. The molecule has 2 heterocycles. The maximum absolute atomic E-state index is 5.86. The van der Waals surface area contributed by atoms with Crippen molar-refractivity contribution < 1.29 is 4.74 Å². The van der Waals surface area contributed by atoms with E-state index in [0.717, 1.165) is 11.3 Å². The summed E-state index contributed by atoms with van der Waals surface area (Å²) in [5, 5.41) is 3.59.